The second-order valence-electron chi connectivity index (χ2n) is 9.09. The highest BCUT2D eigenvalue weighted by molar-refractivity contribution is 7.88. The molecule has 0 aromatic heterocycles. The summed E-state index contributed by atoms with van der Waals surface area (Å²) in [6.45, 7) is 3.78. The Balaban J connectivity index is 1.91. The quantitative estimate of drug-likeness (QED) is 0.569. The van der Waals surface area contributed by atoms with E-state index in [4.69, 9.17) is 4.74 Å². The van der Waals surface area contributed by atoms with Crippen molar-refractivity contribution < 1.29 is 27.9 Å². The number of sulfonamides is 1. The molecule has 0 fully saturated rings. The Morgan fingerprint density at radius 1 is 1.26 bits per heavy atom. The molecule has 0 spiro atoms. The number of likely N-dealkylation sites (N-methyl/N-ethyl adjacent to an activating group) is 1. The Kier molecular flexibility index (Phi) is 8.52. The van der Waals surface area contributed by atoms with Gasteiger partial charge in [-0.25, -0.2) is 12.7 Å². The van der Waals surface area contributed by atoms with Gasteiger partial charge in [-0.1, -0.05) is 37.3 Å². The van der Waals surface area contributed by atoms with Gasteiger partial charge in [0.1, 0.15) is 11.9 Å². The first-order valence-electron chi connectivity index (χ1n) is 11.5. The highest BCUT2D eigenvalue weighted by Gasteiger charge is 2.34. The van der Waals surface area contributed by atoms with Crippen molar-refractivity contribution in [3.05, 3.63) is 59.7 Å². The second kappa shape index (κ2) is 11.2. The zero-order chi connectivity index (χ0) is 25.8. The first-order valence-corrected chi connectivity index (χ1v) is 13.3. The molecule has 0 unspecified atom stereocenters. The SMILES string of the molecule is C[C@@H]1CN([C@@H](C)CO)C(=O)c2cc(NC(=O)Cc3ccccc3)ccc2O[C@H]1CN(C)S(C)(=O)=O. The van der Waals surface area contributed by atoms with Gasteiger partial charge in [0.05, 0.1) is 37.4 Å². The Labute approximate surface area is 206 Å². The van der Waals surface area contributed by atoms with E-state index >= 15 is 0 Å². The van der Waals surface area contributed by atoms with Crippen LogP contribution >= 0.6 is 0 Å². The van der Waals surface area contributed by atoms with Crippen LogP contribution in [0.2, 0.25) is 0 Å². The maximum absolute atomic E-state index is 13.5. The second-order valence-corrected chi connectivity index (χ2v) is 11.2. The van der Waals surface area contributed by atoms with E-state index in [9.17, 15) is 23.1 Å². The van der Waals surface area contributed by atoms with Gasteiger partial charge in [-0.05, 0) is 30.7 Å². The average Bonchev–Trinajstić information content (AvgIpc) is 2.81. The maximum atomic E-state index is 13.5. The lowest BCUT2D eigenvalue weighted by atomic mass is 9.99. The Morgan fingerprint density at radius 2 is 1.94 bits per heavy atom. The van der Waals surface area contributed by atoms with Crippen molar-refractivity contribution in [1.82, 2.24) is 9.21 Å². The zero-order valence-electron chi connectivity index (χ0n) is 20.5. The van der Waals surface area contributed by atoms with Gasteiger partial charge in [0, 0.05) is 25.2 Å². The maximum Gasteiger partial charge on any atom is 0.258 e. The molecule has 0 radical (unpaired) electrons. The summed E-state index contributed by atoms with van der Waals surface area (Å²) in [7, 11) is -1.95. The van der Waals surface area contributed by atoms with Crippen LogP contribution in [0.15, 0.2) is 48.5 Å². The minimum absolute atomic E-state index is 0.102. The molecule has 9 nitrogen and oxygen atoms in total. The number of aliphatic hydroxyl groups is 1. The van der Waals surface area contributed by atoms with Crippen LogP contribution < -0.4 is 10.1 Å². The van der Waals surface area contributed by atoms with E-state index < -0.39 is 22.2 Å². The van der Waals surface area contributed by atoms with Crippen LogP contribution in [0.4, 0.5) is 5.69 Å². The molecular weight excluding hydrogens is 470 g/mol. The number of benzene rings is 2. The molecule has 35 heavy (non-hydrogen) atoms. The molecular formula is C25H33N3O6S. The number of hydrogen-bond acceptors (Lipinski definition) is 6. The number of hydrogen-bond donors (Lipinski definition) is 2. The minimum Gasteiger partial charge on any atom is -0.488 e. The monoisotopic (exact) mass is 503 g/mol. The van der Waals surface area contributed by atoms with E-state index in [2.05, 4.69) is 5.32 Å². The first-order chi connectivity index (χ1) is 16.5. The fourth-order valence-corrected chi connectivity index (χ4v) is 4.31. The molecule has 1 aliphatic heterocycles. The number of rotatable bonds is 8. The van der Waals surface area contributed by atoms with E-state index in [1.165, 1.54) is 11.4 Å². The molecule has 0 bridgehead atoms. The number of carbonyl (C=O) groups excluding carboxylic acids is 2. The third kappa shape index (κ3) is 6.81. The summed E-state index contributed by atoms with van der Waals surface area (Å²) >= 11 is 0. The van der Waals surface area contributed by atoms with Crippen molar-refractivity contribution in [3.63, 3.8) is 0 Å². The number of amides is 2. The minimum atomic E-state index is -3.43. The summed E-state index contributed by atoms with van der Waals surface area (Å²) in [6, 6.07) is 13.7. The van der Waals surface area contributed by atoms with Gasteiger partial charge in [-0.3, -0.25) is 9.59 Å². The van der Waals surface area contributed by atoms with Crippen molar-refractivity contribution >= 4 is 27.5 Å². The van der Waals surface area contributed by atoms with Gasteiger partial charge in [0.2, 0.25) is 15.9 Å². The summed E-state index contributed by atoms with van der Waals surface area (Å²) in [4.78, 5) is 27.6. The molecule has 0 saturated heterocycles. The van der Waals surface area contributed by atoms with Crippen LogP contribution in [0.5, 0.6) is 5.75 Å². The third-order valence-corrected chi connectivity index (χ3v) is 7.44. The number of carbonyl (C=O) groups is 2. The van der Waals surface area contributed by atoms with Gasteiger partial charge in [0.25, 0.3) is 5.91 Å². The lowest BCUT2D eigenvalue weighted by molar-refractivity contribution is -0.115. The average molecular weight is 504 g/mol. The summed E-state index contributed by atoms with van der Waals surface area (Å²) in [5.41, 5.74) is 1.55. The molecule has 10 heteroatoms. The highest BCUT2D eigenvalue weighted by Crippen LogP contribution is 2.31. The summed E-state index contributed by atoms with van der Waals surface area (Å²) in [5.74, 6) is -0.472. The normalized spacial score (nSPS) is 19.4. The Bertz CT molecular complexity index is 1160. The molecule has 0 saturated carbocycles. The molecule has 3 atom stereocenters. The third-order valence-electron chi connectivity index (χ3n) is 6.16. The summed E-state index contributed by atoms with van der Waals surface area (Å²) in [6.07, 6.45) is 0.782. The van der Waals surface area contributed by atoms with Crippen molar-refractivity contribution in [2.75, 3.05) is 38.3 Å². The number of anilines is 1. The highest BCUT2D eigenvalue weighted by atomic mass is 32.2. The number of fused-ring (bicyclic) bond motifs is 1. The van der Waals surface area contributed by atoms with E-state index in [1.807, 2.05) is 37.3 Å². The Hall–Kier alpha value is -2.95. The number of nitrogens with zero attached hydrogens (tertiary/aromatic N) is 2. The summed E-state index contributed by atoms with van der Waals surface area (Å²) < 4.78 is 31.4. The molecule has 2 amide bonds. The van der Waals surface area contributed by atoms with Crippen LogP contribution in [0.25, 0.3) is 0 Å². The van der Waals surface area contributed by atoms with Crippen LogP contribution in [0.3, 0.4) is 0 Å². The number of ether oxygens (including phenoxy) is 1. The zero-order valence-corrected chi connectivity index (χ0v) is 21.3. The van der Waals surface area contributed by atoms with Crippen LogP contribution in [0.1, 0.15) is 29.8 Å². The number of nitrogens with one attached hydrogen (secondary N) is 1. The van der Waals surface area contributed by atoms with Gasteiger partial charge < -0.3 is 20.1 Å². The van der Waals surface area contributed by atoms with Gasteiger partial charge >= 0.3 is 0 Å². The molecule has 2 aromatic carbocycles. The summed E-state index contributed by atoms with van der Waals surface area (Å²) in [5, 5.41) is 12.6. The molecule has 1 aliphatic rings. The van der Waals surface area contributed by atoms with Crippen LogP contribution in [0, 0.1) is 5.92 Å². The predicted octanol–water partition coefficient (Wildman–Crippen LogP) is 1.98. The largest absolute Gasteiger partial charge is 0.488 e. The molecule has 2 aromatic rings. The lowest BCUT2D eigenvalue weighted by Gasteiger charge is -2.38. The predicted molar refractivity (Wildman–Crippen MR) is 134 cm³/mol. The van der Waals surface area contributed by atoms with Crippen molar-refractivity contribution in [2.24, 2.45) is 5.92 Å². The molecule has 0 aliphatic carbocycles. The standard InChI is InChI=1S/C25H33N3O6S/c1-17-14-28(18(2)16-29)25(31)21-13-20(26-24(30)12-19-8-6-5-7-9-19)10-11-22(21)34-23(17)15-27(3)35(4,32)33/h5-11,13,17-18,23,29H,12,14-16H2,1-4H3,(H,26,30)/t17-,18+,23+/m1/s1. The first kappa shape index (κ1) is 26.7. The number of aliphatic hydroxyl groups excluding tert-OH is 1. The van der Waals surface area contributed by atoms with Crippen LogP contribution in [-0.2, 0) is 21.2 Å². The van der Waals surface area contributed by atoms with Gasteiger partial charge in [-0.2, -0.15) is 0 Å². The van der Waals surface area contributed by atoms with Crippen molar-refractivity contribution in [1.29, 1.82) is 0 Å². The molecule has 1 heterocycles. The fourth-order valence-electron chi connectivity index (χ4n) is 3.89. The van der Waals surface area contributed by atoms with E-state index in [0.717, 1.165) is 11.8 Å². The Morgan fingerprint density at radius 3 is 2.57 bits per heavy atom. The molecule has 190 valence electrons. The molecule has 3 rings (SSSR count). The van der Waals surface area contributed by atoms with Crippen molar-refractivity contribution in [3.8, 4) is 5.75 Å². The molecule has 2 N–H and O–H groups in total. The smallest absolute Gasteiger partial charge is 0.258 e. The van der Waals surface area contributed by atoms with E-state index in [1.54, 1.807) is 30.0 Å². The lowest BCUT2D eigenvalue weighted by Crippen LogP contribution is -2.50. The van der Waals surface area contributed by atoms with Gasteiger partial charge in [-0.15, -0.1) is 0 Å². The van der Waals surface area contributed by atoms with Crippen molar-refractivity contribution in [2.45, 2.75) is 32.4 Å². The van der Waals surface area contributed by atoms with Gasteiger partial charge in [0.15, 0.2) is 0 Å². The fraction of sp³-hybridized carbons (Fsp3) is 0.440. The van der Waals surface area contributed by atoms with Crippen LogP contribution in [-0.4, -0.2) is 79.7 Å². The van der Waals surface area contributed by atoms with E-state index in [0.29, 0.717) is 11.4 Å². The van der Waals surface area contributed by atoms with E-state index in [-0.39, 0.29) is 49.4 Å². The topological polar surface area (TPSA) is 116 Å².